The van der Waals surface area contributed by atoms with Crippen LogP contribution < -0.4 is 5.56 Å². The van der Waals surface area contributed by atoms with E-state index in [1.165, 1.54) is 4.68 Å². The van der Waals surface area contributed by atoms with E-state index in [0.29, 0.717) is 18.7 Å². The van der Waals surface area contributed by atoms with Crippen LogP contribution in [-0.4, -0.2) is 44.3 Å². The van der Waals surface area contributed by atoms with E-state index in [0.717, 1.165) is 20.7 Å². The molecule has 0 unspecified atom stereocenters. The molecule has 8 heteroatoms. The van der Waals surface area contributed by atoms with E-state index in [4.69, 9.17) is 9.84 Å². The SMILES string of the molecule is Cc1nc2c(s1)c1cnn(CCOCCO)c(=O)c1n2C. The van der Waals surface area contributed by atoms with Gasteiger partial charge in [0.2, 0.25) is 0 Å². The molecule has 0 aliphatic heterocycles. The lowest BCUT2D eigenvalue weighted by Crippen LogP contribution is -2.26. The van der Waals surface area contributed by atoms with Crippen molar-refractivity contribution in [2.45, 2.75) is 13.5 Å². The number of fused-ring (bicyclic) bond motifs is 3. The van der Waals surface area contributed by atoms with Crippen LogP contribution in [0.2, 0.25) is 0 Å². The topological polar surface area (TPSA) is 82.2 Å². The van der Waals surface area contributed by atoms with Gasteiger partial charge in [0, 0.05) is 12.4 Å². The van der Waals surface area contributed by atoms with Gasteiger partial charge in [0.15, 0.2) is 5.65 Å². The third-order valence-corrected chi connectivity index (χ3v) is 4.31. The van der Waals surface area contributed by atoms with Crippen molar-refractivity contribution in [2.75, 3.05) is 19.8 Å². The molecule has 0 atom stereocenters. The number of hydrogen-bond acceptors (Lipinski definition) is 6. The molecular formula is C13H16N4O3S. The number of aryl methyl sites for hydroxylation is 2. The summed E-state index contributed by atoms with van der Waals surface area (Å²) in [5, 5.41) is 14.7. The molecular weight excluding hydrogens is 292 g/mol. The van der Waals surface area contributed by atoms with Crippen molar-refractivity contribution in [1.82, 2.24) is 19.3 Å². The molecule has 0 amide bonds. The first-order chi connectivity index (χ1) is 10.1. The first kappa shape index (κ1) is 14.2. The van der Waals surface area contributed by atoms with Crippen molar-refractivity contribution in [1.29, 1.82) is 0 Å². The molecule has 0 radical (unpaired) electrons. The summed E-state index contributed by atoms with van der Waals surface area (Å²) < 4.78 is 9.38. The van der Waals surface area contributed by atoms with E-state index in [2.05, 4.69) is 10.1 Å². The van der Waals surface area contributed by atoms with Crippen molar-refractivity contribution in [3.8, 4) is 0 Å². The smallest absolute Gasteiger partial charge is 0.291 e. The number of thiazole rings is 1. The fraction of sp³-hybridized carbons (Fsp3) is 0.462. The second kappa shape index (κ2) is 5.55. The van der Waals surface area contributed by atoms with Gasteiger partial charge >= 0.3 is 0 Å². The standard InChI is InChI=1S/C13H16N4O3S/c1-8-15-12-11(21-8)9-7-14-17(3-5-20-6-4-18)13(19)10(9)16(12)2/h7,18H,3-6H2,1-2H3. The van der Waals surface area contributed by atoms with Crippen LogP contribution in [0, 0.1) is 6.92 Å². The Kier molecular flexibility index (Phi) is 3.75. The highest BCUT2D eigenvalue weighted by molar-refractivity contribution is 7.19. The van der Waals surface area contributed by atoms with Crippen molar-refractivity contribution in [3.63, 3.8) is 0 Å². The minimum absolute atomic E-state index is 0.0273. The van der Waals surface area contributed by atoms with Crippen LogP contribution in [-0.2, 0) is 18.3 Å². The van der Waals surface area contributed by atoms with E-state index in [-0.39, 0.29) is 18.8 Å². The maximum absolute atomic E-state index is 12.5. The lowest BCUT2D eigenvalue weighted by molar-refractivity contribution is 0.0847. The number of hydrogen-bond donors (Lipinski definition) is 1. The number of rotatable bonds is 5. The summed E-state index contributed by atoms with van der Waals surface area (Å²) in [5.41, 5.74) is 1.28. The molecule has 0 bridgehead atoms. The molecule has 3 rings (SSSR count). The van der Waals surface area contributed by atoms with E-state index >= 15 is 0 Å². The molecule has 0 fully saturated rings. The molecule has 0 aromatic carbocycles. The van der Waals surface area contributed by atoms with Crippen LogP contribution in [0.3, 0.4) is 0 Å². The van der Waals surface area contributed by atoms with Gasteiger partial charge in [-0.1, -0.05) is 0 Å². The van der Waals surface area contributed by atoms with Gasteiger partial charge in [0.1, 0.15) is 5.52 Å². The summed E-state index contributed by atoms with van der Waals surface area (Å²) >= 11 is 1.57. The van der Waals surface area contributed by atoms with Crippen molar-refractivity contribution in [2.24, 2.45) is 7.05 Å². The van der Waals surface area contributed by atoms with Crippen molar-refractivity contribution < 1.29 is 9.84 Å². The quantitative estimate of drug-likeness (QED) is 0.700. The third kappa shape index (κ3) is 2.35. The number of ether oxygens (including phenoxy) is 1. The van der Waals surface area contributed by atoms with Gasteiger partial charge in [-0.3, -0.25) is 4.79 Å². The molecule has 0 saturated heterocycles. The average molecular weight is 308 g/mol. The Balaban J connectivity index is 2.04. The Morgan fingerprint density at radius 3 is 3.00 bits per heavy atom. The Labute approximate surface area is 124 Å². The Bertz CT molecular complexity index is 848. The van der Waals surface area contributed by atoms with Crippen LogP contribution in [0.25, 0.3) is 21.3 Å². The Hall–Kier alpha value is -1.77. The molecule has 1 N–H and O–H groups in total. The summed E-state index contributed by atoms with van der Waals surface area (Å²) in [7, 11) is 1.85. The van der Waals surface area contributed by atoms with Gasteiger partial charge in [0.05, 0.1) is 42.3 Å². The zero-order chi connectivity index (χ0) is 15.0. The fourth-order valence-corrected chi connectivity index (χ4v) is 3.33. The molecule has 0 aliphatic carbocycles. The summed E-state index contributed by atoms with van der Waals surface area (Å²) in [5.74, 6) is 0. The van der Waals surface area contributed by atoms with Gasteiger partial charge in [0.25, 0.3) is 5.56 Å². The van der Waals surface area contributed by atoms with Crippen LogP contribution >= 0.6 is 11.3 Å². The highest BCUT2D eigenvalue weighted by Crippen LogP contribution is 2.30. The van der Waals surface area contributed by atoms with Crippen molar-refractivity contribution >= 4 is 32.6 Å². The largest absolute Gasteiger partial charge is 0.394 e. The molecule has 0 aliphatic rings. The van der Waals surface area contributed by atoms with Crippen molar-refractivity contribution in [3.05, 3.63) is 21.6 Å². The number of aromatic nitrogens is 4. The predicted octanol–water partition coefficient (Wildman–Crippen LogP) is 0.662. The third-order valence-electron chi connectivity index (χ3n) is 3.32. The number of aliphatic hydroxyl groups excluding tert-OH is 1. The first-order valence-electron chi connectivity index (χ1n) is 6.63. The van der Waals surface area contributed by atoms with E-state index in [1.807, 2.05) is 18.5 Å². The van der Waals surface area contributed by atoms with E-state index in [9.17, 15) is 4.79 Å². The van der Waals surface area contributed by atoms with Crippen LogP contribution in [0.5, 0.6) is 0 Å². The second-order valence-electron chi connectivity index (χ2n) is 4.72. The average Bonchev–Trinajstić information content (AvgIpc) is 2.96. The van der Waals surface area contributed by atoms with E-state index in [1.54, 1.807) is 17.5 Å². The lowest BCUT2D eigenvalue weighted by atomic mass is 10.3. The highest BCUT2D eigenvalue weighted by Gasteiger charge is 2.16. The summed E-state index contributed by atoms with van der Waals surface area (Å²) in [6.07, 6.45) is 1.71. The Morgan fingerprint density at radius 1 is 1.43 bits per heavy atom. The van der Waals surface area contributed by atoms with Crippen LogP contribution in [0.4, 0.5) is 0 Å². The van der Waals surface area contributed by atoms with Gasteiger partial charge in [-0.05, 0) is 6.92 Å². The van der Waals surface area contributed by atoms with Gasteiger partial charge in [-0.2, -0.15) is 5.10 Å². The lowest BCUT2D eigenvalue weighted by Gasteiger charge is -2.05. The predicted molar refractivity (Wildman–Crippen MR) is 80.8 cm³/mol. The van der Waals surface area contributed by atoms with Gasteiger partial charge < -0.3 is 14.4 Å². The normalized spacial score (nSPS) is 11.8. The summed E-state index contributed by atoms with van der Waals surface area (Å²) in [6.45, 7) is 2.89. The molecule has 0 saturated carbocycles. The van der Waals surface area contributed by atoms with Gasteiger partial charge in [-0.15, -0.1) is 11.3 Å². The minimum Gasteiger partial charge on any atom is -0.394 e. The number of aliphatic hydroxyl groups is 1. The first-order valence-corrected chi connectivity index (χ1v) is 7.45. The molecule has 3 aromatic rings. The maximum atomic E-state index is 12.5. The zero-order valence-corrected chi connectivity index (χ0v) is 12.7. The Morgan fingerprint density at radius 2 is 2.24 bits per heavy atom. The summed E-state index contributed by atoms with van der Waals surface area (Å²) in [6, 6.07) is 0. The molecule has 21 heavy (non-hydrogen) atoms. The summed E-state index contributed by atoms with van der Waals surface area (Å²) in [4.78, 5) is 17.0. The van der Waals surface area contributed by atoms with Gasteiger partial charge in [-0.25, -0.2) is 9.67 Å². The number of nitrogens with zero attached hydrogens (tertiary/aromatic N) is 4. The molecule has 0 spiro atoms. The monoisotopic (exact) mass is 308 g/mol. The zero-order valence-electron chi connectivity index (χ0n) is 11.9. The van der Waals surface area contributed by atoms with Crippen LogP contribution in [0.15, 0.2) is 11.0 Å². The molecule has 3 aromatic heterocycles. The highest BCUT2D eigenvalue weighted by atomic mass is 32.1. The molecule has 3 heterocycles. The fourth-order valence-electron chi connectivity index (χ4n) is 2.37. The maximum Gasteiger partial charge on any atom is 0.291 e. The van der Waals surface area contributed by atoms with Crippen LogP contribution in [0.1, 0.15) is 5.01 Å². The minimum atomic E-state index is -0.148. The van der Waals surface area contributed by atoms with E-state index < -0.39 is 0 Å². The second-order valence-corrected chi connectivity index (χ2v) is 5.92. The molecule has 112 valence electrons. The molecule has 7 nitrogen and oxygen atoms in total.